The number of hydrazone groups is 1. The highest BCUT2D eigenvalue weighted by Gasteiger charge is 2.22. The van der Waals surface area contributed by atoms with Gasteiger partial charge >= 0.3 is 0 Å². The molecule has 2 aliphatic heterocycles. The van der Waals surface area contributed by atoms with Gasteiger partial charge < -0.3 is 5.32 Å². The number of hydrogen-bond acceptors (Lipinski definition) is 4. The van der Waals surface area contributed by atoms with Crippen LogP contribution in [0.4, 0.5) is 0 Å². The van der Waals surface area contributed by atoms with Crippen molar-refractivity contribution < 1.29 is 9.59 Å². The molecule has 6 heteroatoms. The van der Waals surface area contributed by atoms with E-state index in [9.17, 15) is 9.59 Å². The summed E-state index contributed by atoms with van der Waals surface area (Å²) in [6, 6.07) is 18.2. The Morgan fingerprint density at radius 2 is 1.56 bits per heavy atom. The minimum Gasteiger partial charge on any atom is -0.352 e. The highest BCUT2D eigenvalue weighted by molar-refractivity contribution is 6.02. The van der Waals surface area contributed by atoms with Gasteiger partial charge in [0.25, 0.3) is 0 Å². The van der Waals surface area contributed by atoms with Crippen molar-refractivity contribution in [1.29, 1.82) is 0 Å². The van der Waals surface area contributed by atoms with E-state index in [-0.39, 0.29) is 24.7 Å². The number of hydrogen-bond donors (Lipinski definition) is 1. The molecule has 2 amide bonds. The summed E-state index contributed by atoms with van der Waals surface area (Å²) in [6.45, 7) is 4.30. The van der Waals surface area contributed by atoms with Crippen LogP contribution in [0.15, 0.2) is 59.7 Å². The van der Waals surface area contributed by atoms with E-state index in [1.807, 2.05) is 36.4 Å². The van der Waals surface area contributed by atoms with Gasteiger partial charge in [-0.3, -0.25) is 14.5 Å². The van der Waals surface area contributed by atoms with E-state index in [0.717, 1.165) is 42.9 Å². The molecule has 2 aromatic rings. The Hall–Kier alpha value is -2.99. The summed E-state index contributed by atoms with van der Waals surface area (Å²) < 4.78 is 0. The van der Waals surface area contributed by atoms with Gasteiger partial charge in [-0.25, -0.2) is 5.01 Å². The quantitative estimate of drug-likeness (QED) is 0.692. The first kappa shape index (κ1) is 22.2. The van der Waals surface area contributed by atoms with Gasteiger partial charge in [0, 0.05) is 32.4 Å². The number of carbonyl (C=O) groups is 2. The first-order valence-electron chi connectivity index (χ1n) is 11.7. The molecule has 2 aromatic carbocycles. The average molecular weight is 433 g/mol. The normalized spacial score (nSPS) is 16.6. The van der Waals surface area contributed by atoms with Crippen molar-refractivity contribution >= 4 is 17.5 Å². The van der Waals surface area contributed by atoms with Gasteiger partial charge in [-0.1, -0.05) is 61.0 Å². The lowest BCUT2D eigenvalue weighted by atomic mass is 10.0. The third-order valence-corrected chi connectivity index (χ3v) is 6.20. The fourth-order valence-electron chi connectivity index (χ4n) is 4.34. The molecule has 0 radical (unpaired) electrons. The number of benzene rings is 2. The van der Waals surface area contributed by atoms with Gasteiger partial charge in [0.2, 0.25) is 11.8 Å². The van der Waals surface area contributed by atoms with Crippen molar-refractivity contribution in [3.05, 3.63) is 71.3 Å². The summed E-state index contributed by atoms with van der Waals surface area (Å²) in [6.07, 6.45) is 4.95. The third kappa shape index (κ3) is 6.04. The number of amides is 2. The highest BCUT2D eigenvalue weighted by Crippen LogP contribution is 2.17. The summed E-state index contributed by atoms with van der Waals surface area (Å²) >= 11 is 0. The Kier molecular flexibility index (Phi) is 7.67. The number of carbonyl (C=O) groups excluding carboxylic acids is 2. The average Bonchev–Trinajstić information content (AvgIpc) is 3.34. The second kappa shape index (κ2) is 11.0. The van der Waals surface area contributed by atoms with E-state index < -0.39 is 0 Å². The third-order valence-electron chi connectivity index (χ3n) is 6.20. The predicted molar refractivity (Wildman–Crippen MR) is 126 cm³/mol. The van der Waals surface area contributed by atoms with Gasteiger partial charge in [-0.05, 0) is 42.6 Å². The molecule has 1 N–H and O–H groups in total. The van der Waals surface area contributed by atoms with Crippen LogP contribution in [0.5, 0.6) is 0 Å². The van der Waals surface area contributed by atoms with Crippen LogP contribution >= 0.6 is 0 Å². The molecule has 1 fully saturated rings. The van der Waals surface area contributed by atoms with E-state index in [1.165, 1.54) is 29.8 Å². The smallest absolute Gasteiger partial charge is 0.243 e. The summed E-state index contributed by atoms with van der Waals surface area (Å²) in [5, 5.41) is 8.96. The van der Waals surface area contributed by atoms with Gasteiger partial charge in [0.15, 0.2) is 0 Å². The van der Waals surface area contributed by atoms with Gasteiger partial charge in [-0.15, -0.1) is 0 Å². The Bertz CT molecular complexity index is 951. The maximum atomic E-state index is 12.5. The van der Waals surface area contributed by atoms with E-state index >= 15 is 0 Å². The Labute approximate surface area is 190 Å². The number of nitrogens with one attached hydrogen (secondary N) is 1. The number of piperidine rings is 1. The van der Waals surface area contributed by atoms with Crippen LogP contribution in [-0.2, 0) is 22.7 Å². The minimum absolute atomic E-state index is 0.0995. The SMILES string of the molecule is O=C(CCC(=O)N1CCC(c2ccccc2)=N1)NCc1ccccc1CN1CCCCC1. The van der Waals surface area contributed by atoms with Gasteiger partial charge in [-0.2, -0.15) is 5.10 Å². The van der Waals surface area contributed by atoms with Crippen molar-refractivity contribution in [2.45, 2.75) is 51.6 Å². The summed E-state index contributed by atoms with van der Waals surface area (Å²) in [4.78, 5) is 27.4. The topological polar surface area (TPSA) is 65.0 Å². The molecule has 2 aliphatic rings. The van der Waals surface area contributed by atoms with E-state index in [1.54, 1.807) is 0 Å². The summed E-state index contributed by atoms with van der Waals surface area (Å²) in [5.74, 6) is -0.200. The molecule has 0 atom stereocenters. The van der Waals surface area contributed by atoms with Crippen LogP contribution in [0, 0.1) is 0 Å². The number of likely N-dealkylation sites (tertiary alicyclic amines) is 1. The summed E-state index contributed by atoms with van der Waals surface area (Å²) in [7, 11) is 0. The van der Waals surface area contributed by atoms with Crippen molar-refractivity contribution in [1.82, 2.24) is 15.2 Å². The molecule has 0 aliphatic carbocycles. The Morgan fingerprint density at radius 1 is 0.844 bits per heavy atom. The van der Waals surface area contributed by atoms with Crippen LogP contribution < -0.4 is 5.32 Å². The van der Waals surface area contributed by atoms with Gasteiger partial charge in [0.1, 0.15) is 0 Å². The lowest BCUT2D eigenvalue weighted by molar-refractivity contribution is -0.133. The van der Waals surface area contributed by atoms with Gasteiger partial charge in [0.05, 0.1) is 12.3 Å². The zero-order chi connectivity index (χ0) is 22.2. The number of nitrogens with zero attached hydrogens (tertiary/aromatic N) is 3. The molecule has 6 nitrogen and oxygen atoms in total. The second-order valence-corrected chi connectivity index (χ2v) is 8.56. The second-order valence-electron chi connectivity index (χ2n) is 8.56. The lowest BCUT2D eigenvalue weighted by Gasteiger charge is -2.27. The van der Waals surface area contributed by atoms with E-state index in [4.69, 9.17) is 0 Å². The molecule has 0 aromatic heterocycles. The fraction of sp³-hybridized carbons (Fsp3) is 0.423. The highest BCUT2D eigenvalue weighted by atomic mass is 16.2. The maximum Gasteiger partial charge on any atom is 0.243 e. The van der Waals surface area contributed by atoms with Crippen molar-refractivity contribution in [2.24, 2.45) is 5.10 Å². The zero-order valence-electron chi connectivity index (χ0n) is 18.6. The van der Waals surface area contributed by atoms with Crippen LogP contribution in [0.25, 0.3) is 0 Å². The molecule has 4 rings (SSSR count). The Balaban J connectivity index is 1.23. The lowest BCUT2D eigenvalue weighted by Crippen LogP contribution is -2.30. The molecular formula is C26H32N4O2. The van der Waals surface area contributed by atoms with Crippen LogP contribution in [0.2, 0.25) is 0 Å². The van der Waals surface area contributed by atoms with E-state index in [2.05, 4.69) is 33.5 Å². The molecule has 2 heterocycles. The summed E-state index contributed by atoms with van der Waals surface area (Å²) in [5.41, 5.74) is 4.39. The van der Waals surface area contributed by atoms with E-state index in [0.29, 0.717) is 13.1 Å². The monoisotopic (exact) mass is 432 g/mol. The Morgan fingerprint density at radius 3 is 2.34 bits per heavy atom. The first-order chi connectivity index (χ1) is 15.7. The first-order valence-corrected chi connectivity index (χ1v) is 11.7. The zero-order valence-corrected chi connectivity index (χ0v) is 18.6. The largest absolute Gasteiger partial charge is 0.352 e. The predicted octanol–water partition coefficient (Wildman–Crippen LogP) is 3.71. The number of rotatable bonds is 8. The van der Waals surface area contributed by atoms with Crippen molar-refractivity contribution in [3.63, 3.8) is 0 Å². The molecule has 0 unspecified atom stereocenters. The van der Waals surface area contributed by atoms with Crippen LogP contribution in [0.3, 0.4) is 0 Å². The molecule has 0 saturated carbocycles. The molecule has 0 spiro atoms. The van der Waals surface area contributed by atoms with Crippen molar-refractivity contribution in [3.8, 4) is 0 Å². The molecular weight excluding hydrogens is 400 g/mol. The van der Waals surface area contributed by atoms with Crippen LogP contribution in [-0.4, -0.2) is 47.1 Å². The molecule has 168 valence electrons. The molecule has 0 bridgehead atoms. The van der Waals surface area contributed by atoms with Crippen molar-refractivity contribution in [2.75, 3.05) is 19.6 Å². The standard InChI is InChI=1S/C26H32N4O2/c31-25(13-14-26(32)30-18-15-24(28-30)21-9-3-1-4-10-21)27-19-22-11-5-6-12-23(22)20-29-16-7-2-8-17-29/h1,3-6,9-12H,2,7-8,13-20H2,(H,27,31). The maximum absolute atomic E-state index is 12.5. The fourth-order valence-corrected chi connectivity index (χ4v) is 4.34. The van der Waals surface area contributed by atoms with Crippen LogP contribution in [0.1, 0.15) is 55.2 Å². The molecule has 1 saturated heterocycles. The minimum atomic E-state index is -0.100. The molecule has 32 heavy (non-hydrogen) atoms.